The molecule has 3 rings (SSSR count). The van der Waals surface area contributed by atoms with E-state index in [1.54, 1.807) is 24.3 Å². The van der Waals surface area contributed by atoms with E-state index >= 15 is 0 Å². The van der Waals surface area contributed by atoms with Crippen molar-refractivity contribution in [3.05, 3.63) is 71.3 Å². The van der Waals surface area contributed by atoms with Crippen molar-refractivity contribution in [3.8, 4) is 5.75 Å². The van der Waals surface area contributed by atoms with Gasteiger partial charge in [-0.1, -0.05) is 30.3 Å². The fourth-order valence-electron chi connectivity index (χ4n) is 2.94. The molecule has 8 heteroatoms. The molecule has 0 unspecified atom stereocenters. The third kappa shape index (κ3) is 3.77. The van der Waals surface area contributed by atoms with Crippen LogP contribution >= 0.6 is 0 Å². The summed E-state index contributed by atoms with van der Waals surface area (Å²) in [6, 6.07) is 15.6. The molecule has 0 bridgehead atoms. The quantitative estimate of drug-likeness (QED) is 0.800. The minimum absolute atomic E-state index is 0.0843. The van der Waals surface area contributed by atoms with Crippen LogP contribution in [-0.4, -0.2) is 38.2 Å². The van der Waals surface area contributed by atoms with Gasteiger partial charge in [0, 0.05) is 12.1 Å². The number of nitrogens with zero attached hydrogens (tertiary/aromatic N) is 1. The largest absolute Gasteiger partial charge is 0.497 e. The molecule has 2 aromatic carbocycles. The Balaban J connectivity index is 1.76. The van der Waals surface area contributed by atoms with E-state index in [0.29, 0.717) is 15.6 Å². The molecule has 0 atom stereocenters. The van der Waals surface area contributed by atoms with Crippen molar-refractivity contribution < 1.29 is 22.7 Å². The van der Waals surface area contributed by atoms with Gasteiger partial charge in [-0.15, -0.1) is 0 Å². The first-order valence-electron chi connectivity index (χ1n) is 8.57. The molecule has 7 nitrogen and oxygen atoms in total. The minimum atomic E-state index is -4.12. The molecule has 0 radical (unpaired) electrons. The van der Waals surface area contributed by atoms with Gasteiger partial charge in [-0.3, -0.25) is 9.59 Å². The maximum atomic E-state index is 12.9. The lowest BCUT2D eigenvalue weighted by atomic mass is 10.1. The van der Waals surface area contributed by atoms with Crippen molar-refractivity contribution in [2.75, 3.05) is 13.7 Å². The second-order valence-corrected chi connectivity index (χ2v) is 8.06. The lowest BCUT2D eigenvalue weighted by Crippen LogP contribution is -2.40. The number of amides is 2. The Morgan fingerprint density at radius 3 is 2.32 bits per heavy atom. The first kappa shape index (κ1) is 19.6. The summed E-state index contributed by atoms with van der Waals surface area (Å²) in [7, 11) is -2.61. The highest BCUT2D eigenvalue weighted by Gasteiger charge is 2.43. The summed E-state index contributed by atoms with van der Waals surface area (Å²) in [5, 5.41) is 2.64. The Bertz CT molecular complexity index is 1030. The molecule has 0 saturated heterocycles. The van der Waals surface area contributed by atoms with Crippen LogP contribution in [0.5, 0.6) is 5.75 Å². The first-order chi connectivity index (χ1) is 13.3. The van der Waals surface area contributed by atoms with Crippen LogP contribution in [0, 0.1) is 0 Å². The van der Waals surface area contributed by atoms with E-state index in [-0.39, 0.29) is 17.0 Å². The number of benzene rings is 2. The lowest BCUT2D eigenvalue weighted by Gasteiger charge is -2.16. The molecule has 146 valence electrons. The Kier molecular flexibility index (Phi) is 5.51. The first-order valence-corrected chi connectivity index (χ1v) is 10.0. The Morgan fingerprint density at radius 2 is 1.71 bits per heavy atom. The maximum absolute atomic E-state index is 12.9. The zero-order valence-electron chi connectivity index (χ0n) is 15.5. The molecule has 2 aromatic rings. The van der Waals surface area contributed by atoms with Gasteiger partial charge in [0.2, 0.25) is 5.91 Å². The predicted octanol–water partition coefficient (Wildman–Crippen LogP) is 1.91. The van der Waals surface area contributed by atoms with Crippen LogP contribution in [0.1, 0.15) is 18.1 Å². The van der Waals surface area contributed by atoms with Crippen LogP contribution in [0.4, 0.5) is 0 Å². The monoisotopic (exact) mass is 400 g/mol. The summed E-state index contributed by atoms with van der Waals surface area (Å²) >= 11 is 0. The molecule has 1 aliphatic heterocycles. The molecule has 2 amide bonds. The summed E-state index contributed by atoms with van der Waals surface area (Å²) in [6.45, 7) is 1.13. The summed E-state index contributed by atoms with van der Waals surface area (Å²) in [5.74, 6) is -0.675. The Morgan fingerprint density at radius 1 is 1.07 bits per heavy atom. The molecular weight excluding hydrogens is 380 g/mol. The van der Waals surface area contributed by atoms with Crippen LogP contribution in [0.15, 0.2) is 60.2 Å². The molecule has 28 heavy (non-hydrogen) atoms. The van der Waals surface area contributed by atoms with E-state index < -0.39 is 28.4 Å². The molecule has 1 heterocycles. The van der Waals surface area contributed by atoms with Crippen LogP contribution in [0.3, 0.4) is 0 Å². The van der Waals surface area contributed by atoms with Crippen LogP contribution < -0.4 is 10.1 Å². The Labute approximate surface area is 163 Å². The Hall–Kier alpha value is -3.13. The topological polar surface area (TPSA) is 92.8 Å². The van der Waals surface area contributed by atoms with E-state index in [9.17, 15) is 18.0 Å². The van der Waals surface area contributed by atoms with Crippen LogP contribution in [-0.2, 0) is 26.2 Å². The van der Waals surface area contributed by atoms with E-state index in [0.717, 1.165) is 5.56 Å². The second-order valence-electron chi connectivity index (χ2n) is 6.26. The van der Waals surface area contributed by atoms with E-state index in [4.69, 9.17) is 4.74 Å². The molecule has 1 N–H and O–H groups in total. The molecular formula is C20H20N2O5S. The highest BCUT2D eigenvalue weighted by molar-refractivity contribution is 7.99. The van der Waals surface area contributed by atoms with E-state index in [1.165, 1.54) is 14.0 Å². The van der Waals surface area contributed by atoms with Gasteiger partial charge in [0.1, 0.15) is 17.2 Å². The molecule has 0 saturated carbocycles. The number of hydrogen-bond acceptors (Lipinski definition) is 5. The number of carbonyl (C=O) groups excluding carboxylic acids is 2. The SMILES string of the molecule is COc1ccc(C2=C(C)C(=O)N(CC(=O)NCc3ccccc3)S2(=O)=O)cc1. The third-order valence-electron chi connectivity index (χ3n) is 4.41. The molecule has 0 aliphatic carbocycles. The van der Waals surface area contributed by atoms with Gasteiger partial charge in [-0.25, -0.2) is 12.7 Å². The zero-order chi connectivity index (χ0) is 20.3. The van der Waals surface area contributed by atoms with Gasteiger partial charge in [0.15, 0.2) is 0 Å². The average Bonchev–Trinajstić information content (AvgIpc) is 2.86. The standard InChI is InChI=1S/C20H20N2O5S/c1-14-19(16-8-10-17(27-2)11-9-16)28(25,26)22(20(14)24)13-18(23)21-12-15-6-4-3-5-7-15/h3-11H,12-13H2,1-2H3,(H,21,23). The van der Waals surface area contributed by atoms with Crippen LogP contribution in [0.2, 0.25) is 0 Å². The van der Waals surface area contributed by atoms with E-state index in [2.05, 4.69) is 5.32 Å². The van der Waals surface area contributed by atoms with Crippen molar-refractivity contribution in [1.82, 2.24) is 9.62 Å². The third-order valence-corrected chi connectivity index (χ3v) is 6.34. The lowest BCUT2D eigenvalue weighted by molar-refractivity contribution is -0.128. The maximum Gasteiger partial charge on any atom is 0.268 e. The minimum Gasteiger partial charge on any atom is -0.497 e. The van der Waals surface area contributed by atoms with Gasteiger partial charge in [0.05, 0.1) is 7.11 Å². The fourth-order valence-corrected chi connectivity index (χ4v) is 4.72. The van der Waals surface area contributed by atoms with Crippen molar-refractivity contribution >= 4 is 26.7 Å². The van der Waals surface area contributed by atoms with Gasteiger partial charge in [-0.05, 0) is 42.3 Å². The summed E-state index contributed by atoms with van der Waals surface area (Å²) in [4.78, 5) is 24.7. The highest BCUT2D eigenvalue weighted by Crippen LogP contribution is 2.35. The van der Waals surface area contributed by atoms with Gasteiger partial charge < -0.3 is 10.1 Å². The number of sulfonamides is 1. The van der Waals surface area contributed by atoms with E-state index in [1.807, 2.05) is 30.3 Å². The van der Waals surface area contributed by atoms with Crippen molar-refractivity contribution in [3.63, 3.8) is 0 Å². The van der Waals surface area contributed by atoms with Crippen molar-refractivity contribution in [2.24, 2.45) is 0 Å². The summed E-state index contributed by atoms with van der Waals surface area (Å²) in [5.41, 5.74) is 1.33. The van der Waals surface area contributed by atoms with Crippen LogP contribution in [0.25, 0.3) is 4.91 Å². The zero-order valence-corrected chi connectivity index (χ0v) is 16.3. The van der Waals surface area contributed by atoms with Crippen molar-refractivity contribution in [2.45, 2.75) is 13.5 Å². The van der Waals surface area contributed by atoms with Gasteiger partial charge in [-0.2, -0.15) is 0 Å². The molecule has 1 aliphatic rings. The second kappa shape index (κ2) is 7.85. The van der Waals surface area contributed by atoms with Gasteiger partial charge >= 0.3 is 0 Å². The number of methoxy groups -OCH3 is 1. The van der Waals surface area contributed by atoms with Crippen molar-refractivity contribution in [1.29, 1.82) is 0 Å². The number of rotatable bonds is 6. The molecule has 0 spiro atoms. The normalized spacial score (nSPS) is 15.6. The predicted molar refractivity (Wildman–Crippen MR) is 105 cm³/mol. The highest BCUT2D eigenvalue weighted by atomic mass is 32.2. The smallest absolute Gasteiger partial charge is 0.268 e. The molecule has 0 fully saturated rings. The van der Waals surface area contributed by atoms with Gasteiger partial charge in [0.25, 0.3) is 15.9 Å². The number of nitrogens with one attached hydrogen (secondary N) is 1. The summed E-state index contributed by atoms with van der Waals surface area (Å²) < 4.78 is 31.5. The summed E-state index contributed by atoms with van der Waals surface area (Å²) in [6.07, 6.45) is 0. The number of hydrogen-bond donors (Lipinski definition) is 1. The molecule has 0 aromatic heterocycles. The number of carbonyl (C=O) groups is 2. The fraction of sp³-hybridized carbons (Fsp3) is 0.200. The average molecular weight is 400 g/mol. The number of ether oxygens (including phenoxy) is 1.